The van der Waals surface area contributed by atoms with Gasteiger partial charge >= 0.3 is 5.97 Å². The minimum absolute atomic E-state index is 0.0118. The van der Waals surface area contributed by atoms with Gasteiger partial charge in [-0.1, -0.05) is 32.2 Å². The monoisotopic (exact) mass is 338 g/mol. The van der Waals surface area contributed by atoms with Crippen molar-refractivity contribution in [2.75, 3.05) is 20.7 Å². The summed E-state index contributed by atoms with van der Waals surface area (Å²) in [6, 6.07) is 0. The van der Waals surface area contributed by atoms with E-state index in [1.807, 2.05) is 13.8 Å². The molecule has 0 aromatic heterocycles. The SMILES string of the molecule is CCOC(=O)C(C)CC(=O)N(C)P(=O)(NC)SC(C)CC. The van der Waals surface area contributed by atoms with Crippen molar-refractivity contribution in [3.8, 4) is 0 Å². The first kappa shape index (κ1) is 20.5. The van der Waals surface area contributed by atoms with Crippen molar-refractivity contribution in [1.82, 2.24) is 9.76 Å². The van der Waals surface area contributed by atoms with Crippen LogP contribution in [0.3, 0.4) is 0 Å². The minimum atomic E-state index is -3.02. The van der Waals surface area contributed by atoms with E-state index in [9.17, 15) is 14.2 Å². The number of nitrogens with one attached hydrogen (secondary N) is 1. The third-order valence-corrected chi connectivity index (χ3v) is 8.88. The molecule has 1 amide bonds. The van der Waals surface area contributed by atoms with Crippen LogP contribution in [0.2, 0.25) is 0 Å². The van der Waals surface area contributed by atoms with Gasteiger partial charge in [-0.3, -0.25) is 18.8 Å². The molecule has 1 N–H and O–H groups in total. The zero-order chi connectivity index (χ0) is 16.6. The number of amides is 1. The number of carbonyl (C=O) groups is 2. The van der Waals surface area contributed by atoms with E-state index in [0.29, 0.717) is 0 Å². The molecular weight excluding hydrogens is 311 g/mol. The lowest BCUT2D eigenvalue weighted by Crippen LogP contribution is -2.31. The van der Waals surface area contributed by atoms with Crippen molar-refractivity contribution in [2.24, 2.45) is 5.92 Å². The third-order valence-electron chi connectivity index (χ3n) is 3.11. The summed E-state index contributed by atoms with van der Waals surface area (Å²) in [5, 5.41) is 2.93. The molecule has 0 spiro atoms. The molecule has 6 nitrogen and oxygen atoms in total. The predicted molar refractivity (Wildman–Crippen MR) is 87.2 cm³/mol. The highest BCUT2D eigenvalue weighted by Gasteiger charge is 2.33. The Morgan fingerprint density at radius 1 is 1.33 bits per heavy atom. The fourth-order valence-electron chi connectivity index (χ4n) is 1.50. The molecule has 21 heavy (non-hydrogen) atoms. The number of esters is 1. The molecule has 3 atom stereocenters. The Morgan fingerprint density at radius 2 is 1.90 bits per heavy atom. The first-order valence-electron chi connectivity index (χ1n) is 7.12. The van der Waals surface area contributed by atoms with Crippen LogP contribution in [0.4, 0.5) is 0 Å². The summed E-state index contributed by atoms with van der Waals surface area (Å²) < 4.78 is 18.9. The number of hydrogen-bond acceptors (Lipinski definition) is 5. The average molecular weight is 338 g/mol. The fourth-order valence-corrected chi connectivity index (χ4v) is 5.98. The molecule has 0 fully saturated rings. The second kappa shape index (κ2) is 9.49. The molecule has 0 saturated carbocycles. The smallest absolute Gasteiger partial charge is 0.309 e. The topological polar surface area (TPSA) is 75.7 Å². The maximum atomic E-state index is 12.8. The van der Waals surface area contributed by atoms with Crippen LogP contribution in [0.5, 0.6) is 0 Å². The van der Waals surface area contributed by atoms with Gasteiger partial charge in [-0.2, -0.15) is 0 Å². The van der Waals surface area contributed by atoms with E-state index in [2.05, 4.69) is 5.09 Å². The zero-order valence-corrected chi connectivity index (χ0v) is 15.4. The molecule has 124 valence electrons. The van der Waals surface area contributed by atoms with E-state index < -0.39 is 18.5 Å². The molecule has 8 heteroatoms. The van der Waals surface area contributed by atoms with E-state index >= 15 is 0 Å². The second-order valence-corrected chi connectivity index (χ2v) is 10.1. The van der Waals surface area contributed by atoms with E-state index in [0.717, 1.165) is 6.42 Å². The summed E-state index contributed by atoms with van der Waals surface area (Å²) in [6.45, 7) is 4.58. The van der Waals surface area contributed by atoms with Gasteiger partial charge in [0.25, 0.3) is 6.65 Å². The Bertz CT molecular complexity index is 406. The summed E-state index contributed by atoms with van der Waals surface area (Å²) >= 11 is 1.26. The Hall–Kier alpha value is -0.520. The van der Waals surface area contributed by atoms with Crippen LogP contribution >= 0.6 is 18.0 Å². The summed E-state index contributed by atoms with van der Waals surface area (Å²) in [5.41, 5.74) is 0. The van der Waals surface area contributed by atoms with Crippen LogP contribution in [-0.2, 0) is 18.9 Å². The molecule has 0 aromatic rings. The molecular formula is C13H27N2O4PS. The molecule has 0 bridgehead atoms. The number of ether oxygens (including phenoxy) is 1. The number of rotatable bonds is 9. The lowest BCUT2D eigenvalue weighted by Gasteiger charge is -2.29. The van der Waals surface area contributed by atoms with Gasteiger partial charge < -0.3 is 4.74 Å². The standard InChI is InChI=1S/C13H27N2O4PS/c1-7-11(4)21-20(18,14-5)15(6)12(16)9-10(3)13(17)19-8-2/h10-11H,7-9H2,1-6H3,(H,14,18). The van der Waals surface area contributed by atoms with Crippen LogP contribution in [0.1, 0.15) is 40.5 Å². The van der Waals surface area contributed by atoms with Gasteiger partial charge in [0.05, 0.1) is 12.5 Å². The maximum Gasteiger partial charge on any atom is 0.309 e. The Labute approximate surface area is 131 Å². The molecule has 0 aliphatic carbocycles. The first-order chi connectivity index (χ1) is 9.71. The van der Waals surface area contributed by atoms with Crippen molar-refractivity contribution in [3.05, 3.63) is 0 Å². The van der Waals surface area contributed by atoms with Crippen molar-refractivity contribution >= 4 is 29.9 Å². The highest BCUT2D eigenvalue weighted by Crippen LogP contribution is 2.59. The van der Waals surface area contributed by atoms with Crippen LogP contribution in [0.15, 0.2) is 0 Å². The van der Waals surface area contributed by atoms with Gasteiger partial charge in [0.2, 0.25) is 5.91 Å². The lowest BCUT2D eigenvalue weighted by atomic mass is 10.1. The van der Waals surface area contributed by atoms with Gasteiger partial charge in [0.15, 0.2) is 0 Å². The highest BCUT2D eigenvalue weighted by atomic mass is 32.7. The molecule has 0 rings (SSSR count). The van der Waals surface area contributed by atoms with Crippen LogP contribution in [0.25, 0.3) is 0 Å². The second-order valence-electron chi connectivity index (χ2n) is 4.84. The van der Waals surface area contributed by atoms with Crippen molar-refractivity contribution < 1.29 is 18.9 Å². The van der Waals surface area contributed by atoms with Crippen molar-refractivity contribution in [2.45, 2.75) is 45.8 Å². The van der Waals surface area contributed by atoms with Crippen LogP contribution in [0, 0.1) is 5.92 Å². The molecule has 0 radical (unpaired) electrons. The van der Waals surface area contributed by atoms with Gasteiger partial charge in [-0.25, -0.2) is 5.09 Å². The third kappa shape index (κ3) is 6.41. The van der Waals surface area contributed by atoms with Gasteiger partial charge in [0, 0.05) is 18.7 Å². The Kier molecular flexibility index (Phi) is 9.25. The van der Waals surface area contributed by atoms with E-state index in [1.165, 1.54) is 23.1 Å². The van der Waals surface area contributed by atoms with Crippen molar-refractivity contribution in [1.29, 1.82) is 0 Å². The number of hydrogen-bond donors (Lipinski definition) is 1. The minimum Gasteiger partial charge on any atom is -0.466 e. The van der Waals surface area contributed by atoms with Gasteiger partial charge in [-0.15, -0.1) is 0 Å². The van der Waals surface area contributed by atoms with E-state index in [1.54, 1.807) is 20.9 Å². The Balaban J connectivity index is 4.80. The fraction of sp³-hybridized carbons (Fsp3) is 0.846. The lowest BCUT2D eigenvalue weighted by molar-refractivity contribution is -0.149. The van der Waals surface area contributed by atoms with Crippen LogP contribution < -0.4 is 5.09 Å². The zero-order valence-electron chi connectivity index (χ0n) is 13.7. The molecule has 0 aliphatic rings. The van der Waals surface area contributed by atoms with Gasteiger partial charge in [-0.05, 0) is 20.4 Å². The highest BCUT2D eigenvalue weighted by molar-refractivity contribution is 8.57. The summed E-state index contributed by atoms with van der Waals surface area (Å²) in [6.07, 6.45) is 0.847. The summed E-state index contributed by atoms with van der Waals surface area (Å²) in [7, 11) is 3.08. The normalized spacial score (nSPS) is 16.7. The summed E-state index contributed by atoms with van der Waals surface area (Å²) in [4.78, 5) is 23.8. The number of nitrogens with zero attached hydrogens (tertiary/aromatic N) is 1. The van der Waals surface area contributed by atoms with E-state index in [-0.39, 0.29) is 24.2 Å². The molecule has 3 unspecified atom stereocenters. The maximum absolute atomic E-state index is 12.8. The Morgan fingerprint density at radius 3 is 2.33 bits per heavy atom. The summed E-state index contributed by atoms with van der Waals surface area (Å²) in [5.74, 6) is -1.28. The average Bonchev–Trinajstić information content (AvgIpc) is 2.45. The largest absolute Gasteiger partial charge is 0.466 e. The number of carbonyl (C=O) groups excluding carboxylic acids is 2. The van der Waals surface area contributed by atoms with Crippen molar-refractivity contribution in [3.63, 3.8) is 0 Å². The quantitative estimate of drug-likeness (QED) is 0.515. The van der Waals surface area contributed by atoms with Crippen LogP contribution in [-0.4, -0.2) is 42.5 Å². The van der Waals surface area contributed by atoms with Gasteiger partial charge in [0.1, 0.15) is 0 Å². The predicted octanol–water partition coefficient (Wildman–Crippen LogP) is 2.89. The molecule has 0 saturated heterocycles. The molecule has 0 aliphatic heterocycles. The first-order valence-corrected chi connectivity index (χ1v) is 10.3. The molecule has 0 heterocycles. The van der Waals surface area contributed by atoms with E-state index in [4.69, 9.17) is 4.74 Å². The molecule has 0 aromatic carbocycles.